The van der Waals surface area contributed by atoms with Gasteiger partial charge in [0.2, 0.25) is 5.91 Å². The molecule has 2 aromatic rings. The lowest BCUT2D eigenvalue weighted by Gasteiger charge is -2.51. The molecule has 7 heteroatoms. The van der Waals surface area contributed by atoms with Crippen molar-refractivity contribution in [3.05, 3.63) is 59.2 Å². The van der Waals surface area contributed by atoms with Crippen LogP contribution in [0.2, 0.25) is 0 Å². The number of hydrogen-bond donors (Lipinski definition) is 0. The largest absolute Gasteiger partial charge is 0.490 e. The molecular weight excluding hydrogens is 466 g/mol. The number of nitrogens with zero attached hydrogens (tertiary/aromatic N) is 1. The summed E-state index contributed by atoms with van der Waals surface area (Å²) in [4.78, 5) is 27.7. The Morgan fingerprint density at radius 3 is 2.31 bits per heavy atom. The Hall–Kier alpha value is -2.73. The predicted molar refractivity (Wildman–Crippen MR) is 135 cm³/mol. The van der Waals surface area contributed by atoms with Crippen LogP contribution < -0.4 is 9.47 Å². The first-order valence-corrected chi connectivity index (χ1v) is 13.1. The van der Waals surface area contributed by atoms with Gasteiger partial charge < -0.3 is 19.1 Å². The molecule has 0 aromatic heterocycles. The van der Waals surface area contributed by atoms with Crippen molar-refractivity contribution in [3.63, 3.8) is 0 Å². The molecule has 0 radical (unpaired) electrons. The molecule has 1 aliphatic carbocycles. The third-order valence-corrected chi connectivity index (χ3v) is 7.41. The normalized spacial score (nSPS) is 21.3. The van der Waals surface area contributed by atoms with E-state index < -0.39 is 5.54 Å². The van der Waals surface area contributed by atoms with Crippen molar-refractivity contribution in [3.8, 4) is 11.5 Å². The second-order valence-corrected chi connectivity index (χ2v) is 9.42. The molecule has 188 valence electrons. The molecule has 6 nitrogen and oxygen atoms in total. The summed E-state index contributed by atoms with van der Waals surface area (Å²) < 4.78 is 17.4. The van der Waals surface area contributed by atoms with E-state index in [1.54, 1.807) is 0 Å². The summed E-state index contributed by atoms with van der Waals surface area (Å²) in [5, 5.41) is 0. The lowest BCUT2D eigenvalue weighted by Crippen LogP contribution is -2.55. The van der Waals surface area contributed by atoms with E-state index in [-0.39, 0.29) is 30.3 Å². The number of rotatable bonds is 8. The molecule has 35 heavy (non-hydrogen) atoms. The standard InChI is InChI=1S/C28H34ClNO5/c1-3-33-24-16-22-12-15-30(26(31)18-29)28(23(22)17-25(24)34-4-2)13-10-21(11-14-28)27(32)35-19-20-8-6-5-7-9-20/h5-9,16-17,21H,3-4,10-15,18-19H2,1-2H3. The summed E-state index contributed by atoms with van der Waals surface area (Å²) in [6.45, 7) is 5.84. The summed E-state index contributed by atoms with van der Waals surface area (Å²) >= 11 is 6.03. The smallest absolute Gasteiger partial charge is 0.309 e. The number of carbonyl (C=O) groups excluding carboxylic acids is 2. The van der Waals surface area contributed by atoms with Crippen LogP contribution in [-0.2, 0) is 32.9 Å². The van der Waals surface area contributed by atoms with Crippen LogP contribution in [0.1, 0.15) is 56.2 Å². The maximum absolute atomic E-state index is 13.0. The zero-order valence-electron chi connectivity index (χ0n) is 20.6. The minimum absolute atomic E-state index is 0.0605. The lowest BCUT2D eigenvalue weighted by molar-refractivity contribution is -0.153. The predicted octanol–water partition coefficient (Wildman–Crippen LogP) is 5.24. The van der Waals surface area contributed by atoms with Crippen molar-refractivity contribution in [1.29, 1.82) is 0 Å². The third kappa shape index (κ3) is 5.27. The molecule has 2 aromatic carbocycles. The topological polar surface area (TPSA) is 65.1 Å². The maximum Gasteiger partial charge on any atom is 0.309 e. The van der Waals surface area contributed by atoms with E-state index in [9.17, 15) is 9.59 Å². The number of halogens is 1. The highest BCUT2D eigenvalue weighted by Gasteiger charge is 2.48. The Balaban J connectivity index is 1.58. The fourth-order valence-corrected chi connectivity index (χ4v) is 5.67. The van der Waals surface area contributed by atoms with E-state index in [1.165, 1.54) is 5.56 Å². The van der Waals surface area contributed by atoms with E-state index in [0.29, 0.717) is 51.2 Å². The van der Waals surface area contributed by atoms with Crippen molar-refractivity contribution in [2.24, 2.45) is 5.92 Å². The SMILES string of the molecule is CCOc1cc2c(cc1OCC)C1(CCC(C(=O)OCc3ccccc3)CC1)N(C(=O)CCl)CC2. The molecule has 1 aliphatic heterocycles. The number of carbonyl (C=O) groups is 2. The van der Waals surface area contributed by atoms with Gasteiger partial charge in [-0.25, -0.2) is 0 Å². The van der Waals surface area contributed by atoms with Crippen molar-refractivity contribution in [2.45, 2.75) is 58.1 Å². The first-order valence-electron chi connectivity index (χ1n) is 12.5. The number of ether oxygens (including phenoxy) is 3. The fraction of sp³-hybridized carbons (Fsp3) is 0.500. The quantitative estimate of drug-likeness (QED) is 0.367. The van der Waals surface area contributed by atoms with Crippen molar-refractivity contribution >= 4 is 23.5 Å². The Morgan fingerprint density at radius 2 is 1.69 bits per heavy atom. The molecule has 0 saturated heterocycles. The second-order valence-electron chi connectivity index (χ2n) is 9.15. The van der Waals surface area contributed by atoms with Gasteiger partial charge >= 0.3 is 5.97 Å². The molecule has 0 atom stereocenters. The Kier molecular flexibility index (Phi) is 8.22. The molecule has 0 bridgehead atoms. The molecule has 1 amide bonds. The second kappa shape index (κ2) is 11.3. The van der Waals surface area contributed by atoms with Crippen LogP contribution in [0.25, 0.3) is 0 Å². The average molecular weight is 500 g/mol. The van der Waals surface area contributed by atoms with E-state index in [4.69, 9.17) is 25.8 Å². The minimum atomic E-state index is -0.508. The molecule has 4 rings (SSSR count). The summed E-state index contributed by atoms with van der Waals surface area (Å²) in [6.07, 6.45) is 3.38. The number of amides is 1. The highest BCUT2D eigenvalue weighted by molar-refractivity contribution is 6.27. The van der Waals surface area contributed by atoms with E-state index in [1.807, 2.05) is 55.1 Å². The number of fused-ring (bicyclic) bond motifs is 2. The number of hydrogen-bond acceptors (Lipinski definition) is 5. The van der Waals surface area contributed by atoms with E-state index in [2.05, 4.69) is 6.07 Å². The fourth-order valence-electron chi connectivity index (χ4n) is 5.52. The van der Waals surface area contributed by atoms with Crippen LogP contribution >= 0.6 is 11.6 Å². The highest BCUT2D eigenvalue weighted by atomic mass is 35.5. The number of alkyl halides is 1. The van der Waals surface area contributed by atoms with Gasteiger partial charge in [-0.3, -0.25) is 9.59 Å². The summed E-state index contributed by atoms with van der Waals surface area (Å²) in [5.74, 6) is 0.938. The third-order valence-electron chi connectivity index (χ3n) is 7.18. The van der Waals surface area contributed by atoms with Gasteiger partial charge in [0.25, 0.3) is 0 Å². The first-order chi connectivity index (χ1) is 17.0. The number of benzene rings is 2. The highest BCUT2D eigenvalue weighted by Crippen LogP contribution is 2.50. The molecule has 1 saturated carbocycles. The lowest BCUT2D eigenvalue weighted by atomic mass is 9.68. The zero-order valence-corrected chi connectivity index (χ0v) is 21.3. The monoisotopic (exact) mass is 499 g/mol. The van der Waals surface area contributed by atoms with Crippen LogP contribution in [0.5, 0.6) is 11.5 Å². The first kappa shape index (κ1) is 25.4. The van der Waals surface area contributed by atoms with Gasteiger partial charge in [-0.15, -0.1) is 11.6 Å². The van der Waals surface area contributed by atoms with Gasteiger partial charge in [-0.1, -0.05) is 30.3 Å². The van der Waals surface area contributed by atoms with Gasteiger partial charge in [0.1, 0.15) is 12.5 Å². The van der Waals surface area contributed by atoms with Crippen molar-refractivity contribution in [1.82, 2.24) is 4.90 Å². The molecular formula is C28H34ClNO5. The molecule has 0 unspecified atom stereocenters. The number of esters is 1. The van der Waals surface area contributed by atoms with Gasteiger partial charge in [0, 0.05) is 6.54 Å². The van der Waals surface area contributed by atoms with Crippen LogP contribution in [0.15, 0.2) is 42.5 Å². The molecule has 1 heterocycles. The summed E-state index contributed by atoms with van der Waals surface area (Å²) in [6, 6.07) is 13.8. The summed E-state index contributed by atoms with van der Waals surface area (Å²) in [7, 11) is 0. The molecule has 0 N–H and O–H groups in total. The van der Waals surface area contributed by atoms with Crippen LogP contribution in [0.3, 0.4) is 0 Å². The van der Waals surface area contributed by atoms with Crippen LogP contribution in [0.4, 0.5) is 0 Å². The van der Waals surface area contributed by atoms with Gasteiger partial charge in [0.15, 0.2) is 11.5 Å². The van der Waals surface area contributed by atoms with Gasteiger partial charge in [-0.05, 0) is 74.8 Å². The average Bonchev–Trinajstić information content (AvgIpc) is 2.89. The van der Waals surface area contributed by atoms with Gasteiger partial charge in [0.05, 0.1) is 24.7 Å². The van der Waals surface area contributed by atoms with E-state index >= 15 is 0 Å². The Morgan fingerprint density at radius 1 is 1.03 bits per heavy atom. The molecule has 1 fully saturated rings. The van der Waals surface area contributed by atoms with Crippen LogP contribution in [-0.4, -0.2) is 42.4 Å². The van der Waals surface area contributed by atoms with Gasteiger partial charge in [-0.2, -0.15) is 0 Å². The van der Waals surface area contributed by atoms with E-state index in [0.717, 1.165) is 23.3 Å². The Bertz CT molecular complexity index is 1030. The minimum Gasteiger partial charge on any atom is -0.490 e. The van der Waals surface area contributed by atoms with Crippen LogP contribution in [0, 0.1) is 5.92 Å². The summed E-state index contributed by atoms with van der Waals surface area (Å²) in [5.41, 5.74) is 2.72. The Labute approximate surface area is 212 Å². The molecule has 1 spiro atoms. The zero-order chi connectivity index (χ0) is 24.8. The molecule has 2 aliphatic rings. The maximum atomic E-state index is 13.0. The van der Waals surface area contributed by atoms with Crippen molar-refractivity contribution < 1.29 is 23.8 Å². The van der Waals surface area contributed by atoms with Crippen molar-refractivity contribution in [2.75, 3.05) is 25.6 Å².